The molecule has 0 unspecified atom stereocenters. The normalized spacial score (nSPS) is 15.6. The van der Waals surface area contributed by atoms with Crippen molar-refractivity contribution in [2.45, 2.75) is 25.4 Å². The molecule has 2 aromatic heterocycles. The highest BCUT2D eigenvalue weighted by Crippen LogP contribution is 2.19. The van der Waals surface area contributed by atoms with Crippen molar-refractivity contribution in [3.63, 3.8) is 0 Å². The molecule has 0 radical (unpaired) electrons. The van der Waals surface area contributed by atoms with Crippen LogP contribution in [0, 0.1) is 0 Å². The zero-order chi connectivity index (χ0) is 11.0. The molecule has 6 heteroatoms. The van der Waals surface area contributed by atoms with Crippen LogP contribution in [0.2, 0.25) is 0 Å². The van der Waals surface area contributed by atoms with Crippen LogP contribution in [0.5, 0.6) is 0 Å². The molecule has 1 aliphatic rings. The summed E-state index contributed by atoms with van der Waals surface area (Å²) in [6, 6.07) is 0.698. The van der Waals surface area contributed by atoms with Crippen LogP contribution in [0.15, 0.2) is 18.6 Å². The minimum Gasteiger partial charge on any atom is -0.308 e. The number of hydrogen-bond donors (Lipinski definition) is 1. The molecular weight excluding hydrogens is 204 g/mol. The summed E-state index contributed by atoms with van der Waals surface area (Å²) in [5, 5.41) is 15.7. The molecule has 0 aromatic carbocycles. The van der Waals surface area contributed by atoms with Crippen molar-refractivity contribution in [2.24, 2.45) is 7.05 Å². The van der Waals surface area contributed by atoms with Gasteiger partial charge in [0.2, 0.25) is 0 Å². The second-order valence-corrected chi connectivity index (χ2v) is 4.18. The van der Waals surface area contributed by atoms with E-state index in [1.54, 1.807) is 15.6 Å². The summed E-state index contributed by atoms with van der Waals surface area (Å²) in [6.07, 6.45) is 8.19. The Labute approximate surface area is 93.3 Å². The topological polar surface area (TPSA) is 60.6 Å². The van der Waals surface area contributed by atoms with Crippen LogP contribution in [0.3, 0.4) is 0 Å². The predicted octanol–water partition coefficient (Wildman–Crippen LogP) is 0.253. The van der Waals surface area contributed by atoms with E-state index in [2.05, 4.69) is 20.7 Å². The fraction of sp³-hybridized carbons (Fsp3) is 0.500. The minimum absolute atomic E-state index is 0.698. The minimum atomic E-state index is 0.698. The molecule has 0 spiro atoms. The molecule has 0 atom stereocenters. The maximum Gasteiger partial charge on any atom is 0.104 e. The van der Waals surface area contributed by atoms with Crippen LogP contribution in [-0.4, -0.2) is 30.8 Å². The summed E-state index contributed by atoms with van der Waals surface area (Å²) >= 11 is 0. The lowest BCUT2D eigenvalue weighted by atomic mass is 10.4. The molecule has 6 nitrogen and oxygen atoms in total. The van der Waals surface area contributed by atoms with Gasteiger partial charge in [0.15, 0.2) is 0 Å². The van der Waals surface area contributed by atoms with Gasteiger partial charge in [-0.1, -0.05) is 5.21 Å². The van der Waals surface area contributed by atoms with Crippen molar-refractivity contribution in [3.05, 3.63) is 24.3 Å². The molecular formula is C10H14N6. The van der Waals surface area contributed by atoms with Gasteiger partial charge in [0.1, 0.15) is 5.69 Å². The molecule has 1 fully saturated rings. The van der Waals surface area contributed by atoms with Gasteiger partial charge in [-0.25, -0.2) is 4.68 Å². The summed E-state index contributed by atoms with van der Waals surface area (Å²) in [5.74, 6) is 0. The third-order valence-electron chi connectivity index (χ3n) is 2.65. The van der Waals surface area contributed by atoms with Crippen LogP contribution in [-0.2, 0) is 13.6 Å². The maximum absolute atomic E-state index is 4.11. The maximum atomic E-state index is 4.11. The third kappa shape index (κ3) is 1.96. The van der Waals surface area contributed by atoms with Gasteiger partial charge in [-0.05, 0) is 12.8 Å². The molecule has 0 amide bonds. The van der Waals surface area contributed by atoms with Crippen molar-refractivity contribution in [2.75, 3.05) is 0 Å². The standard InChI is InChI=1S/C10H14N6/c1-15-7-10(5-12-15)16-6-9(13-14-16)4-11-8-2-3-8/h5-8,11H,2-4H2,1H3. The molecule has 1 N–H and O–H groups in total. The highest BCUT2D eigenvalue weighted by molar-refractivity contribution is 5.23. The molecule has 2 heterocycles. The predicted molar refractivity (Wildman–Crippen MR) is 58.0 cm³/mol. The summed E-state index contributed by atoms with van der Waals surface area (Å²) < 4.78 is 3.50. The van der Waals surface area contributed by atoms with Crippen molar-refractivity contribution in [1.29, 1.82) is 0 Å². The van der Waals surface area contributed by atoms with Crippen LogP contribution < -0.4 is 5.32 Å². The van der Waals surface area contributed by atoms with E-state index >= 15 is 0 Å². The van der Waals surface area contributed by atoms with E-state index in [1.165, 1.54) is 12.8 Å². The Kier molecular flexibility index (Phi) is 2.21. The monoisotopic (exact) mass is 218 g/mol. The van der Waals surface area contributed by atoms with Crippen LogP contribution in [0.1, 0.15) is 18.5 Å². The summed E-state index contributed by atoms with van der Waals surface area (Å²) in [7, 11) is 1.88. The molecule has 84 valence electrons. The van der Waals surface area contributed by atoms with Gasteiger partial charge in [0, 0.05) is 19.6 Å². The Morgan fingerprint density at radius 2 is 2.31 bits per heavy atom. The number of rotatable bonds is 4. The Hall–Kier alpha value is -1.69. The molecule has 2 aromatic rings. The molecule has 0 saturated heterocycles. The zero-order valence-corrected chi connectivity index (χ0v) is 9.17. The van der Waals surface area contributed by atoms with E-state index in [1.807, 2.05) is 19.4 Å². The highest BCUT2D eigenvalue weighted by Gasteiger charge is 2.20. The number of nitrogens with zero attached hydrogens (tertiary/aromatic N) is 5. The van der Waals surface area contributed by atoms with Crippen molar-refractivity contribution in [1.82, 2.24) is 30.1 Å². The van der Waals surface area contributed by atoms with Gasteiger partial charge in [-0.15, -0.1) is 5.10 Å². The second kappa shape index (κ2) is 3.71. The lowest BCUT2D eigenvalue weighted by Crippen LogP contribution is -2.15. The smallest absolute Gasteiger partial charge is 0.104 e. The zero-order valence-electron chi connectivity index (χ0n) is 9.17. The largest absolute Gasteiger partial charge is 0.308 e. The average Bonchev–Trinajstić information content (AvgIpc) is 2.81. The summed E-state index contributed by atoms with van der Waals surface area (Å²) in [6.45, 7) is 0.797. The van der Waals surface area contributed by atoms with Crippen molar-refractivity contribution < 1.29 is 0 Å². The lowest BCUT2D eigenvalue weighted by Gasteiger charge is -1.96. The fourth-order valence-electron chi connectivity index (χ4n) is 1.57. The van der Waals surface area contributed by atoms with E-state index < -0.39 is 0 Å². The quantitative estimate of drug-likeness (QED) is 0.799. The van der Waals surface area contributed by atoms with Crippen molar-refractivity contribution >= 4 is 0 Å². The van der Waals surface area contributed by atoms with E-state index in [0.29, 0.717) is 6.04 Å². The van der Waals surface area contributed by atoms with Gasteiger partial charge in [0.25, 0.3) is 0 Å². The van der Waals surface area contributed by atoms with E-state index in [9.17, 15) is 0 Å². The Balaban J connectivity index is 1.71. The Morgan fingerprint density at radius 3 is 3.00 bits per heavy atom. The first-order valence-corrected chi connectivity index (χ1v) is 5.45. The first-order valence-electron chi connectivity index (χ1n) is 5.45. The number of hydrogen-bond acceptors (Lipinski definition) is 4. The first-order chi connectivity index (χ1) is 7.81. The second-order valence-electron chi connectivity index (χ2n) is 4.18. The lowest BCUT2D eigenvalue weighted by molar-refractivity contribution is 0.671. The molecule has 0 aliphatic heterocycles. The van der Waals surface area contributed by atoms with Crippen molar-refractivity contribution in [3.8, 4) is 5.69 Å². The summed E-state index contributed by atoms with van der Waals surface area (Å²) in [5.41, 5.74) is 1.91. The Bertz CT molecular complexity index is 481. The van der Waals surface area contributed by atoms with Crippen LogP contribution in [0.4, 0.5) is 0 Å². The number of aryl methyl sites for hydroxylation is 1. The van der Waals surface area contributed by atoms with Gasteiger partial charge >= 0.3 is 0 Å². The van der Waals surface area contributed by atoms with Gasteiger partial charge in [0.05, 0.1) is 24.3 Å². The first kappa shape index (κ1) is 9.53. The van der Waals surface area contributed by atoms with E-state index in [4.69, 9.17) is 0 Å². The Morgan fingerprint density at radius 1 is 1.44 bits per heavy atom. The van der Waals surface area contributed by atoms with Gasteiger partial charge in [-0.2, -0.15) is 5.10 Å². The number of aromatic nitrogens is 5. The molecule has 3 rings (SSSR count). The van der Waals surface area contributed by atoms with E-state index in [0.717, 1.165) is 17.9 Å². The third-order valence-corrected chi connectivity index (χ3v) is 2.65. The van der Waals surface area contributed by atoms with Gasteiger partial charge < -0.3 is 5.32 Å². The van der Waals surface area contributed by atoms with Gasteiger partial charge in [-0.3, -0.25) is 4.68 Å². The summed E-state index contributed by atoms with van der Waals surface area (Å²) in [4.78, 5) is 0. The average molecular weight is 218 g/mol. The molecule has 1 aliphatic carbocycles. The van der Waals surface area contributed by atoms with Crippen LogP contribution >= 0.6 is 0 Å². The fourth-order valence-corrected chi connectivity index (χ4v) is 1.57. The molecule has 0 bridgehead atoms. The number of nitrogens with one attached hydrogen (secondary N) is 1. The van der Waals surface area contributed by atoms with Crippen LogP contribution in [0.25, 0.3) is 5.69 Å². The SMILES string of the molecule is Cn1cc(-n2cc(CNC3CC3)nn2)cn1. The highest BCUT2D eigenvalue weighted by atomic mass is 15.4. The van der Waals surface area contributed by atoms with E-state index in [-0.39, 0.29) is 0 Å². The molecule has 1 saturated carbocycles. The molecule has 16 heavy (non-hydrogen) atoms.